The van der Waals surface area contributed by atoms with E-state index in [1.54, 1.807) is 36.1 Å². The maximum Gasteiger partial charge on any atom is 0.283 e. The molecule has 0 aliphatic carbocycles. The Labute approximate surface area is 216 Å². The first kappa shape index (κ1) is 25.7. The van der Waals surface area contributed by atoms with E-state index in [0.29, 0.717) is 29.9 Å². The second-order valence-corrected chi connectivity index (χ2v) is 9.65. The molecule has 3 aromatic rings. The highest BCUT2D eigenvalue weighted by molar-refractivity contribution is 6.03. The quantitative estimate of drug-likeness (QED) is 0.432. The van der Waals surface area contributed by atoms with Crippen LogP contribution in [0, 0.1) is 12.7 Å². The van der Waals surface area contributed by atoms with E-state index in [0.717, 1.165) is 4.68 Å². The van der Waals surface area contributed by atoms with E-state index in [1.165, 1.54) is 18.2 Å². The molecule has 0 radical (unpaired) electrons. The van der Waals surface area contributed by atoms with Crippen molar-refractivity contribution >= 4 is 17.6 Å². The number of hydrogen-bond acceptors (Lipinski definition) is 6. The van der Waals surface area contributed by atoms with Gasteiger partial charge in [0.1, 0.15) is 28.9 Å². The summed E-state index contributed by atoms with van der Waals surface area (Å²) in [7, 11) is 0. The highest BCUT2D eigenvalue weighted by Gasteiger charge is 2.53. The molecular weight excluding hydrogens is 501 g/mol. The molecule has 2 saturated heterocycles. The normalized spacial score (nSPS) is 19.3. The molecule has 2 amide bonds. The Bertz CT molecular complexity index is 1390. The van der Waals surface area contributed by atoms with Gasteiger partial charge in [0.05, 0.1) is 25.8 Å². The van der Waals surface area contributed by atoms with Crippen molar-refractivity contribution in [2.75, 3.05) is 32.0 Å². The van der Waals surface area contributed by atoms with Crippen LogP contribution in [0.5, 0.6) is 0 Å². The summed E-state index contributed by atoms with van der Waals surface area (Å²) >= 11 is 0. The van der Waals surface area contributed by atoms with Gasteiger partial charge >= 0.3 is 0 Å². The number of likely N-dealkylation sites (tertiary alicyclic amines) is 1. The van der Waals surface area contributed by atoms with E-state index >= 15 is 0 Å². The van der Waals surface area contributed by atoms with Crippen LogP contribution in [0.3, 0.4) is 0 Å². The van der Waals surface area contributed by atoms with Crippen LogP contribution in [-0.2, 0) is 11.3 Å². The summed E-state index contributed by atoms with van der Waals surface area (Å²) in [6.07, 6.45) is 0. The number of alkyl halides is 2. The topological polar surface area (TPSA) is 128 Å². The Hall–Kier alpha value is -3.90. The fraction of sp³-hybridized carbons (Fsp3) is 0.346. The zero-order valence-corrected chi connectivity index (χ0v) is 20.6. The van der Waals surface area contributed by atoms with Crippen molar-refractivity contribution in [3.63, 3.8) is 0 Å². The van der Waals surface area contributed by atoms with E-state index in [1.807, 2.05) is 0 Å². The molecule has 0 bridgehead atoms. The standard InChI is InChI=1S/C26H27F3N6O3/c1-14-2-7-17(27)8-19(14)25(37)32-9-15-3-5-16(6-4-15)22-21(24(31)36)23(30)35(33-22)20-10-34(13-26(20,28)29)18-11-38-12-18/h2-8,18,20H,9-13,30H2,1H3,(H2,31,36)(H,32,37). The number of hydrogen-bond donors (Lipinski definition) is 3. The fourth-order valence-electron chi connectivity index (χ4n) is 4.79. The van der Waals surface area contributed by atoms with Crippen LogP contribution >= 0.6 is 0 Å². The van der Waals surface area contributed by atoms with Crippen molar-refractivity contribution in [3.05, 3.63) is 70.5 Å². The number of halogens is 3. The number of nitrogens with two attached hydrogens (primary N) is 2. The number of nitrogens with one attached hydrogen (secondary N) is 1. The lowest BCUT2D eigenvalue weighted by molar-refractivity contribution is -0.0728. The van der Waals surface area contributed by atoms with E-state index < -0.39 is 36.1 Å². The van der Waals surface area contributed by atoms with Crippen LogP contribution in [0.4, 0.5) is 19.0 Å². The molecule has 2 aliphatic rings. The molecular formula is C26H27F3N6O3. The number of aryl methyl sites for hydroxylation is 1. The molecule has 9 nitrogen and oxygen atoms in total. The van der Waals surface area contributed by atoms with Gasteiger partial charge in [0.2, 0.25) is 0 Å². The number of amides is 2. The molecule has 5 rings (SSSR count). The summed E-state index contributed by atoms with van der Waals surface area (Å²) in [5.41, 5.74) is 13.7. The molecule has 2 fully saturated rings. The number of carbonyl (C=O) groups is 2. The second-order valence-electron chi connectivity index (χ2n) is 9.65. The van der Waals surface area contributed by atoms with Crippen molar-refractivity contribution in [1.82, 2.24) is 20.0 Å². The number of rotatable bonds is 7. The van der Waals surface area contributed by atoms with Gasteiger partial charge in [-0.1, -0.05) is 30.3 Å². The zero-order chi connectivity index (χ0) is 27.2. The fourth-order valence-corrected chi connectivity index (χ4v) is 4.79. The highest BCUT2D eigenvalue weighted by atomic mass is 19.3. The summed E-state index contributed by atoms with van der Waals surface area (Å²) in [5.74, 6) is -5.14. The predicted octanol–water partition coefficient (Wildman–Crippen LogP) is 2.50. The van der Waals surface area contributed by atoms with Crippen molar-refractivity contribution in [2.24, 2.45) is 5.73 Å². The molecule has 0 spiro atoms. The summed E-state index contributed by atoms with van der Waals surface area (Å²) < 4.78 is 49.7. The minimum Gasteiger partial charge on any atom is -0.383 e. The van der Waals surface area contributed by atoms with Gasteiger partial charge in [-0.3, -0.25) is 14.5 Å². The number of primary amides is 1. The van der Waals surface area contributed by atoms with Crippen LogP contribution < -0.4 is 16.8 Å². The number of aromatic nitrogens is 2. The van der Waals surface area contributed by atoms with Crippen LogP contribution in [0.1, 0.15) is 37.9 Å². The summed E-state index contributed by atoms with van der Waals surface area (Å²) in [5, 5.41) is 7.06. The first-order valence-electron chi connectivity index (χ1n) is 12.1. The third kappa shape index (κ3) is 4.72. The maximum atomic E-state index is 15.0. The van der Waals surface area contributed by atoms with Gasteiger partial charge in [0.25, 0.3) is 17.7 Å². The van der Waals surface area contributed by atoms with Gasteiger partial charge in [-0.15, -0.1) is 0 Å². The summed E-state index contributed by atoms with van der Waals surface area (Å²) in [6, 6.07) is 9.19. The van der Waals surface area contributed by atoms with Crippen LogP contribution in [0.2, 0.25) is 0 Å². The van der Waals surface area contributed by atoms with Crippen molar-refractivity contribution in [1.29, 1.82) is 0 Å². The molecule has 1 atom stereocenters. The lowest BCUT2D eigenvalue weighted by Crippen LogP contribution is -2.48. The number of carbonyl (C=O) groups excluding carboxylic acids is 2. The zero-order valence-electron chi connectivity index (χ0n) is 20.6. The Morgan fingerprint density at radius 3 is 2.53 bits per heavy atom. The third-order valence-electron chi connectivity index (χ3n) is 7.06. The Morgan fingerprint density at radius 1 is 1.18 bits per heavy atom. The monoisotopic (exact) mass is 528 g/mol. The number of nitrogen functional groups attached to an aromatic ring is 1. The van der Waals surface area contributed by atoms with Gasteiger partial charge in [-0.2, -0.15) is 5.10 Å². The summed E-state index contributed by atoms with van der Waals surface area (Å²) in [4.78, 5) is 26.4. The third-order valence-corrected chi connectivity index (χ3v) is 7.06. The van der Waals surface area contributed by atoms with E-state index in [9.17, 15) is 22.8 Å². The molecule has 1 aromatic heterocycles. The van der Waals surface area contributed by atoms with Crippen molar-refractivity contribution in [2.45, 2.75) is 31.5 Å². The predicted molar refractivity (Wildman–Crippen MR) is 133 cm³/mol. The molecule has 1 unspecified atom stereocenters. The van der Waals surface area contributed by atoms with Crippen molar-refractivity contribution < 1.29 is 27.5 Å². The first-order chi connectivity index (χ1) is 18.0. The molecule has 2 aromatic carbocycles. The molecule has 0 saturated carbocycles. The second kappa shape index (κ2) is 9.76. The van der Waals surface area contributed by atoms with Crippen LogP contribution in [0.25, 0.3) is 11.3 Å². The van der Waals surface area contributed by atoms with Gasteiger partial charge in [0.15, 0.2) is 0 Å². The average molecular weight is 529 g/mol. The number of nitrogens with zero attached hydrogens (tertiary/aromatic N) is 3. The Kier molecular flexibility index (Phi) is 6.61. The SMILES string of the molecule is Cc1ccc(F)cc1C(=O)NCc1ccc(-c2nn(C3CN(C4COC4)CC3(F)F)c(N)c2C(N)=O)cc1. The van der Waals surface area contributed by atoms with Gasteiger partial charge in [-0.05, 0) is 30.2 Å². The molecule has 12 heteroatoms. The molecule has 5 N–H and O–H groups in total. The van der Waals surface area contributed by atoms with Gasteiger partial charge in [-0.25, -0.2) is 17.9 Å². The number of anilines is 1. The van der Waals surface area contributed by atoms with Gasteiger partial charge < -0.3 is 21.5 Å². The minimum absolute atomic E-state index is 0.00791. The Balaban J connectivity index is 1.36. The van der Waals surface area contributed by atoms with Crippen molar-refractivity contribution in [3.8, 4) is 11.3 Å². The average Bonchev–Trinajstić information content (AvgIpc) is 3.33. The van der Waals surface area contributed by atoms with E-state index in [2.05, 4.69) is 10.4 Å². The molecule has 2 aliphatic heterocycles. The molecule has 200 valence electrons. The highest BCUT2D eigenvalue weighted by Crippen LogP contribution is 2.41. The number of benzene rings is 2. The largest absolute Gasteiger partial charge is 0.383 e. The van der Waals surface area contributed by atoms with Crippen LogP contribution in [-0.4, -0.2) is 64.8 Å². The lowest BCUT2D eigenvalue weighted by atomic mass is 10.0. The Morgan fingerprint density at radius 2 is 1.89 bits per heavy atom. The first-order valence-corrected chi connectivity index (χ1v) is 12.1. The smallest absolute Gasteiger partial charge is 0.283 e. The maximum absolute atomic E-state index is 15.0. The van der Waals surface area contributed by atoms with E-state index in [4.69, 9.17) is 16.2 Å². The minimum atomic E-state index is -3.12. The summed E-state index contributed by atoms with van der Waals surface area (Å²) in [6.45, 7) is 2.21. The molecule has 3 heterocycles. The van der Waals surface area contributed by atoms with E-state index in [-0.39, 0.29) is 41.8 Å². The van der Waals surface area contributed by atoms with Gasteiger partial charge in [0, 0.05) is 24.2 Å². The molecule has 38 heavy (non-hydrogen) atoms. The lowest BCUT2D eigenvalue weighted by Gasteiger charge is -2.34. The van der Waals surface area contributed by atoms with Crippen LogP contribution in [0.15, 0.2) is 42.5 Å². The number of ether oxygens (including phenoxy) is 1.